The number of carboxylic acid groups (broad SMARTS) is 1. The molecule has 7 nitrogen and oxygen atoms in total. The van der Waals surface area contributed by atoms with Crippen LogP contribution >= 0.6 is 0 Å². The van der Waals surface area contributed by atoms with Gasteiger partial charge in [-0.05, 0) is 25.3 Å². The number of aromatic amines is 1. The van der Waals surface area contributed by atoms with Gasteiger partial charge < -0.3 is 10.0 Å². The summed E-state index contributed by atoms with van der Waals surface area (Å²) in [6.07, 6.45) is 0. The Balaban J connectivity index is 3.21. The van der Waals surface area contributed by atoms with Crippen LogP contribution in [0.3, 0.4) is 0 Å². The zero-order valence-corrected chi connectivity index (χ0v) is 12.1. The fourth-order valence-electron chi connectivity index (χ4n) is 1.86. The molecule has 0 atom stereocenters. The average molecular weight is 281 g/mol. The predicted octanol–water partition coefficient (Wildman–Crippen LogP) is 0.570. The number of rotatable bonds is 5. The van der Waals surface area contributed by atoms with E-state index in [1.807, 2.05) is 13.8 Å². The molecular weight excluding hydrogens is 262 g/mol. The molecular formula is C13H19N3O4. The average Bonchev–Trinajstić information content (AvgIpc) is 2.32. The Labute approximate surface area is 116 Å². The van der Waals surface area contributed by atoms with E-state index < -0.39 is 24.0 Å². The van der Waals surface area contributed by atoms with E-state index in [4.69, 9.17) is 5.11 Å². The van der Waals surface area contributed by atoms with E-state index in [0.717, 1.165) is 0 Å². The minimum atomic E-state index is -1.11. The molecule has 0 saturated heterocycles. The summed E-state index contributed by atoms with van der Waals surface area (Å²) in [7, 11) is 0. The van der Waals surface area contributed by atoms with Gasteiger partial charge in [0, 0.05) is 6.54 Å². The molecule has 0 aliphatic rings. The van der Waals surface area contributed by atoms with Crippen LogP contribution < -0.4 is 5.56 Å². The molecule has 20 heavy (non-hydrogen) atoms. The number of carbonyl (C=O) groups is 2. The highest BCUT2D eigenvalue weighted by Crippen LogP contribution is 2.10. The van der Waals surface area contributed by atoms with Crippen molar-refractivity contribution in [2.75, 3.05) is 13.1 Å². The monoisotopic (exact) mass is 281 g/mol. The summed E-state index contributed by atoms with van der Waals surface area (Å²) in [5, 5.41) is 14.9. The normalized spacial score (nSPS) is 10.7. The second kappa shape index (κ2) is 6.31. The van der Waals surface area contributed by atoms with Gasteiger partial charge in [-0.25, -0.2) is 5.10 Å². The Kier molecular flexibility index (Phi) is 5.01. The van der Waals surface area contributed by atoms with Crippen molar-refractivity contribution in [3.8, 4) is 0 Å². The predicted molar refractivity (Wildman–Crippen MR) is 72.7 cm³/mol. The van der Waals surface area contributed by atoms with Crippen LogP contribution in [0.1, 0.15) is 35.5 Å². The van der Waals surface area contributed by atoms with E-state index in [-0.39, 0.29) is 18.0 Å². The first-order valence-electron chi connectivity index (χ1n) is 6.31. The van der Waals surface area contributed by atoms with E-state index in [1.54, 1.807) is 13.8 Å². The van der Waals surface area contributed by atoms with E-state index in [9.17, 15) is 14.4 Å². The third kappa shape index (κ3) is 3.66. The molecule has 0 spiro atoms. The molecule has 0 aliphatic heterocycles. The van der Waals surface area contributed by atoms with Crippen LogP contribution in [-0.2, 0) is 4.79 Å². The molecule has 0 fully saturated rings. The zero-order valence-electron chi connectivity index (χ0n) is 12.1. The van der Waals surface area contributed by atoms with E-state index >= 15 is 0 Å². The summed E-state index contributed by atoms with van der Waals surface area (Å²) >= 11 is 0. The van der Waals surface area contributed by atoms with Crippen LogP contribution in [0, 0.1) is 19.8 Å². The molecule has 7 heteroatoms. The van der Waals surface area contributed by atoms with Gasteiger partial charge in [-0.2, -0.15) is 5.10 Å². The summed E-state index contributed by atoms with van der Waals surface area (Å²) in [4.78, 5) is 36.3. The first kappa shape index (κ1) is 15.9. The Morgan fingerprint density at radius 2 is 1.95 bits per heavy atom. The largest absolute Gasteiger partial charge is 0.480 e. The molecule has 0 unspecified atom stereocenters. The number of hydrogen-bond donors (Lipinski definition) is 2. The number of aliphatic carboxylic acids is 1. The lowest BCUT2D eigenvalue weighted by Gasteiger charge is -2.23. The van der Waals surface area contributed by atoms with Crippen LogP contribution in [-0.4, -0.2) is 45.2 Å². The van der Waals surface area contributed by atoms with Crippen molar-refractivity contribution in [2.24, 2.45) is 5.92 Å². The van der Waals surface area contributed by atoms with Gasteiger partial charge in [-0.3, -0.25) is 14.4 Å². The second-order valence-corrected chi connectivity index (χ2v) is 5.11. The summed E-state index contributed by atoms with van der Waals surface area (Å²) in [6, 6.07) is 0. The molecule has 0 radical (unpaired) electrons. The van der Waals surface area contributed by atoms with E-state index in [2.05, 4.69) is 10.2 Å². The second-order valence-electron chi connectivity index (χ2n) is 5.11. The lowest BCUT2D eigenvalue weighted by molar-refractivity contribution is -0.137. The van der Waals surface area contributed by atoms with Crippen LogP contribution in [0.5, 0.6) is 0 Å². The smallest absolute Gasteiger partial charge is 0.323 e. The minimum Gasteiger partial charge on any atom is -0.480 e. The Morgan fingerprint density at radius 3 is 2.45 bits per heavy atom. The van der Waals surface area contributed by atoms with E-state index in [1.165, 1.54) is 4.90 Å². The van der Waals surface area contributed by atoms with Crippen molar-refractivity contribution in [1.82, 2.24) is 15.1 Å². The van der Waals surface area contributed by atoms with Gasteiger partial charge in [-0.1, -0.05) is 13.8 Å². The van der Waals surface area contributed by atoms with Gasteiger partial charge in [0.2, 0.25) is 0 Å². The first-order chi connectivity index (χ1) is 9.23. The lowest BCUT2D eigenvalue weighted by atomic mass is 10.1. The summed E-state index contributed by atoms with van der Waals surface area (Å²) in [6.45, 7) is 6.88. The van der Waals surface area contributed by atoms with Gasteiger partial charge in [0.15, 0.2) is 0 Å². The number of hydrogen-bond acceptors (Lipinski definition) is 4. The number of amides is 1. The fourth-order valence-corrected chi connectivity index (χ4v) is 1.86. The number of carbonyl (C=O) groups excluding carboxylic acids is 1. The summed E-state index contributed by atoms with van der Waals surface area (Å²) in [5.74, 6) is -1.59. The van der Waals surface area contributed by atoms with Crippen LogP contribution in [0.4, 0.5) is 0 Å². The van der Waals surface area contributed by atoms with Crippen molar-refractivity contribution in [1.29, 1.82) is 0 Å². The highest BCUT2D eigenvalue weighted by molar-refractivity contribution is 5.96. The van der Waals surface area contributed by atoms with Gasteiger partial charge in [-0.15, -0.1) is 0 Å². The van der Waals surface area contributed by atoms with Crippen LogP contribution in [0.2, 0.25) is 0 Å². The number of nitrogens with one attached hydrogen (secondary N) is 1. The van der Waals surface area contributed by atoms with Crippen molar-refractivity contribution < 1.29 is 14.7 Å². The maximum absolute atomic E-state index is 12.4. The maximum Gasteiger partial charge on any atom is 0.323 e. The number of nitrogens with zero attached hydrogens (tertiary/aromatic N) is 2. The lowest BCUT2D eigenvalue weighted by Crippen LogP contribution is -2.41. The van der Waals surface area contributed by atoms with Gasteiger partial charge in [0.25, 0.3) is 11.5 Å². The molecule has 1 aromatic heterocycles. The number of carboxylic acids is 1. The van der Waals surface area contributed by atoms with Crippen molar-refractivity contribution in [3.05, 3.63) is 27.2 Å². The van der Waals surface area contributed by atoms with E-state index in [0.29, 0.717) is 11.3 Å². The Hall–Kier alpha value is -2.18. The highest BCUT2D eigenvalue weighted by Gasteiger charge is 2.24. The third-order valence-corrected chi connectivity index (χ3v) is 2.88. The molecule has 2 N–H and O–H groups in total. The molecule has 1 heterocycles. The number of aryl methyl sites for hydroxylation is 1. The SMILES string of the molecule is Cc1n[nH]c(=O)c(C(=O)N(CC(=O)O)CC(C)C)c1C. The quantitative estimate of drug-likeness (QED) is 0.821. The highest BCUT2D eigenvalue weighted by atomic mass is 16.4. The van der Waals surface area contributed by atoms with Crippen LogP contribution in [0.15, 0.2) is 4.79 Å². The standard InChI is InChI=1S/C13H19N3O4/c1-7(2)5-16(6-10(17)18)13(20)11-8(3)9(4)14-15-12(11)19/h7H,5-6H2,1-4H3,(H,15,19)(H,17,18). The topological polar surface area (TPSA) is 103 Å². The summed E-state index contributed by atoms with van der Waals surface area (Å²) < 4.78 is 0. The fraction of sp³-hybridized carbons (Fsp3) is 0.538. The zero-order chi connectivity index (χ0) is 15.4. The van der Waals surface area contributed by atoms with Crippen LogP contribution in [0.25, 0.3) is 0 Å². The van der Waals surface area contributed by atoms with Gasteiger partial charge in [0.05, 0.1) is 5.69 Å². The van der Waals surface area contributed by atoms with Gasteiger partial charge >= 0.3 is 5.97 Å². The molecule has 1 amide bonds. The molecule has 110 valence electrons. The Bertz CT molecular complexity index is 577. The molecule has 0 bridgehead atoms. The number of H-pyrrole nitrogens is 1. The van der Waals surface area contributed by atoms with Crippen molar-refractivity contribution in [3.63, 3.8) is 0 Å². The number of aromatic nitrogens is 2. The molecule has 0 aromatic carbocycles. The molecule has 0 aliphatic carbocycles. The minimum absolute atomic E-state index is 0.0422. The molecule has 0 saturated carbocycles. The molecule has 1 aromatic rings. The third-order valence-electron chi connectivity index (χ3n) is 2.88. The van der Waals surface area contributed by atoms with Gasteiger partial charge in [0.1, 0.15) is 12.1 Å². The van der Waals surface area contributed by atoms with Crippen molar-refractivity contribution >= 4 is 11.9 Å². The Morgan fingerprint density at radius 1 is 1.35 bits per heavy atom. The first-order valence-corrected chi connectivity index (χ1v) is 6.31. The van der Waals surface area contributed by atoms with Crippen molar-refractivity contribution in [2.45, 2.75) is 27.7 Å². The molecule has 1 rings (SSSR count). The summed E-state index contributed by atoms with van der Waals surface area (Å²) in [5.41, 5.74) is 0.363. The maximum atomic E-state index is 12.4.